The summed E-state index contributed by atoms with van der Waals surface area (Å²) in [6.45, 7) is 8.08. The van der Waals surface area contributed by atoms with Crippen molar-refractivity contribution in [3.05, 3.63) is 39.1 Å². The number of amides is 1. The Kier molecular flexibility index (Phi) is 5.01. The van der Waals surface area contributed by atoms with E-state index in [1.807, 2.05) is 0 Å². The van der Waals surface area contributed by atoms with Crippen LogP contribution >= 0.6 is 0 Å². The number of H-pyrrole nitrogens is 1. The number of hydrogen-bond acceptors (Lipinski definition) is 6. The lowest BCUT2D eigenvalue weighted by atomic mass is 9.98. The Bertz CT molecular complexity index is 944. The van der Waals surface area contributed by atoms with Crippen LogP contribution in [0.25, 0.3) is 0 Å². The Labute approximate surface area is 163 Å². The fourth-order valence-corrected chi connectivity index (χ4v) is 4.21. The molecule has 0 aliphatic carbocycles. The van der Waals surface area contributed by atoms with E-state index in [2.05, 4.69) is 31.7 Å². The van der Waals surface area contributed by atoms with E-state index < -0.39 is 0 Å². The number of carbonyl (C=O) groups excluding carboxylic acids is 1. The van der Waals surface area contributed by atoms with Crippen molar-refractivity contribution in [1.29, 1.82) is 0 Å². The summed E-state index contributed by atoms with van der Waals surface area (Å²) in [4.78, 5) is 33.8. The Hall–Kier alpha value is -2.55. The highest BCUT2D eigenvalue weighted by atomic mass is 16.5. The van der Waals surface area contributed by atoms with Crippen LogP contribution in [0.4, 0.5) is 0 Å². The van der Waals surface area contributed by atoms with Gasteiger partial charge < -0.3 is 19.2 Å². The first kappa shape index (κ1) is 18.8. The van der Waals surface area contributed by atoms with Crippen molar-refractivity contribution >= 4 is 5.91 Å². The van der Waals surface area contributed by atoms with Crippen molar-refractivity contribution in [2.45, 2.75) is 58.5 Å². The van der Waals surface area contributed by atoms with E-state index in [4.69, 9.17) is 4.74 Å². The highest BCUT2D eigenvalue weighted by molar-refractivity contribution is 5.79. The molecule has 2 aromatic rings. The number of ether oxygens (including phenoxy) is 1. The number of aromatic amines is 1. The van der Waals surface area contributed by atoms with Crippen LogP contribution in [-0.2, 0) is 22.5 Å². The maximum absolute atomic E-state index is 12.9. The van der Waals surface area contributed by atoms with Crippen molar-refractivity contribution in [2.24, 2.45) is 0 Å². The lowest BCUT2D eigenvalue weighted by molar-refractivity contribution is -0.132. The van der Waals surface area contributed by atoms with Gasteiger partial charge in [-0.2, -0.15) is 0 Å². The molecule has 2 aliphatic rings. The smallest absolute Gasteiger partial charge is 0.254 e. The van der Waals surface area contributed by atoms with Gasteiger partial charge >= 0.3 is 0 Å². The molecule has 0 saturated carbocycles. The van der Waals surface area contributed by atoms with E-state index in [9.17, 15) is 9.59 Å². The highest BCUT2D eigenvalue weighted by Crippen LogP contribution is 2.30. The second-order valence-corrected chi connectivity index (χ2v) is 7.75. The molecule has 1 N–H and O–H groups in total. The number of rotatable bonds is 3. The molecule has 9 heteroatoms. The van der Waals surface area contributed by atoms with E-state index in [-0.39, 0.29) is 23.9 Å². The SMILES string of the molecule is Cc1nc(C)c(CC(=O)N2Cc3nnc(C4CCOCC4)n3[C@@H](C)C2)c(=O)[nH]1. The summed E-state index contributed by atoms with van der Waals surface area (Å²) in [5.41, 5.74) is 0.788. The molecule has 0 bridgehead atoms. The van der Waals surface area contributed by atoms with E-state index in [1.54, 1.807) is 18.7 Å². The van der Waals surface area contributed by atoms with Crippen molar-refractivity contribution in [2.75, 3.05) is 19.8 Å². The summed E-state index contributed by atoms with van der Waals surface area (Å²) in [7, 11) is 0. The molecule has 0 radical (unpaired) electrons. The molecule has 28 heavy (non-hydrogen) atoms. The summed E-state index contributed by atoms with van der Waals surface area (Å²) < 4.78 is 7.64. The minimum Gasteiger partial charge on any atom is -0.381 e. The van der Waals surface area contributed by atoms with E-state index >= 15 is 0 Å². The normalized spacial score (nSPS) is 20.2. The second-order valence-electron chi connectivity index (χ2n) is 7.75. The molecule has 0 unspecified atom stereocenters. The van der Waals surface area contributed by atoms with Gasteiger partial charge in [-0.3, -0.25) is 9.59 Å². The molecule has 2 aromatic heterocycles. The maximum Gasteiger partial charge on any atom is 0.254 e. The number of carbonyl (C=O) groups is 1. The number of nitrogens with zero attached hydrogens (tertiary/aromatic N) is 5. The molecule has 1 atom stereocenters. The third kappa shape index (κ3) is 3.46. The minimum atomic E-state index is -0.242. The summed E-state index contributed by atoms with van der Waals surface area (Å²) in [6.07, 6.45) is 1.95. The zero-order valence-electron chi connectivity index (χ0n) is 16.6. The van der Waals surface area contributed by atoms with Gasteiger partial charge in [0.25, 0.3) is 5.56 Å². The molecule has 4 heterocycles. The van der Waals surface area contributed by atoms with E-state index in [1.165, 1.54) is 0 Å². The number of aromatic nitrogens is 5. The fourth-order valence-electron chi connectivity index (χ4n) is 4.21. The third-order valence-electron chi connectivity index (χ3n) is 5.66. The predicted molar refractivity (Wildman–Crippen MR) is 101 cm³/mol. The number of hydrogen-bond donors (Lipinski definition) is 1. The van der Waals surface area contributed by atoms with Crippen molar-refractivity contribution in [3.63, 3.8) is 0 Å². The molecule has 2 aliphatic heterocycles. The van der Waals surface area contributed by atoms with Gasteiger partial charge in [0.15, 0.2) is 5.82 Å². The zero-order valence-corrected chi connectivity index (χ0v) is 16.6. The summed E-state index contributed by atoms with van der Waals surface area (Å²) in [6, 6.07) is 0.0936. The van der Waals surface area contributed by atoms with Gasteiger partial charge in [-0.05, 0) is 33.6 Å². The lowest BCUT2D eigenvalue weighted by Crippen LogP contribution is -2.42. The van der Waals surface area contributed by atoms with Gasteiger partial charge in [0, 0.05) is 36.9 Å². The summed E-state index contributed by atoms with van der Waals surface area (Å²) >= 11 is 0. The fraction of sp³-hybridized carbons (Fsp3) is 0.632. The molecule has 1 amide bonds. The van der Waals surface area contributed by atoms with Gasteiger partial charge in [0.2, 0.25) is 5.91 Å². The Morgan fingerprint density at radius 1 is 1.25 bits per heavy atom. The molecule has 0 aromatic carbocycles. The first-order chi connectivity index (χ1) is 13.4. The van der Waals surface area contributed by atoms with Crippen LogP contribution in [0.2, 0.25) is 0 Å². The standard InChI is InChI=1S/C19H26N6O3/c1-11-9-24(17(26)8-15-12(2)20-13(3)21-19(15)27)10-16-22-23-18(25(11)16)14-4-6-28-7-5-14/h11,14H,4-10H2,1-3H3,(H,20,21,27)/t11-/m0/s1. The van der Waals surface area contributed by atoms with Crippen LogP contribution in [0.15, 0.2) is 4.79 Å². The van der Waals surface area contributed by atoms with E-state index in [0.29, 0.717) is 36.1 Å². The Morgan fingerprint density at radius 3 is 2.71 bits per heavy atom. The maximum atomic E-state index is 12.9. The summed E-state index contributed by atoms with van der Waals surface area (Å²) in [5.74, 6) is 2.64. The Morgan fingerprint density at radius 2 is 2.00 bits per heavy atom. The molecule has 9 nitrogen and oxygen atoms in total. The number of aryl methyl sites for hydroxylation is 2. The lowest BCUT2D eigenvalue weighted by Gasteiger charge is -2.34. The highest BCUT2D eigenvalue weighted by Gasteiger charge is 2.32. The van der Waals surface area contributed by atoms with Gasteiger partial charge in [-0.25, -0.2) is 4.98 Å². The molecule has 150 valence electrons. The van der Waals surface area contributed by atoms with Gasteiger partial charge in [0.05, 0.1) is 19.0 Å². The molecule has 1 fully saturated rings. The number of nitrogens with one attached hydrogen (secondary N) is 1. The molecule has 1 saturated heterocycles. The molecular formula is C19H26N6O3. The average molecular weight is 386 g/mol. The minimum absolute atomic E-state index is 0.0438. The van der Waals surface area contributed by atoms with Crippen LogP contribution < -0.4 is 5.56 Å². The van der Waals surface area contributed by atoms with Gasteiger partial charge in [0.1, 0.15) is 11.6 Å². The Balaban J connectivity index is 1.52. The monoisotopic (exact) mass is 386 g/mol. The summed E-state index contributed by atoms with van der Waals surface area (Å²) in [5, 5.41) is 8.81. The van der Waals surface area contributed by atoms with Crippen LogP contribution in [0.5, 0.6) is 0 Å². The van der Waals surface area contributed by atoms with Crippen LogP contribution in [0, 0.1) is 13.8 Å². The topological polar surface area (TPSA) is 106 Å². The van der Waals surface area contributed by atoms with Crippen molar-refractivity contribution < 1.29 is 9.53 Å². The third-order valence-corrected chi connectivity index (χ3v) is 5.66. The van der Waals surface area contributed by atoms with Crippen molar-refractivity contribution in [1.82, 2.24) is 29.6 Å². The predicted octanol–water partition coefficient (Wildman–Crippen LogP) is 1.02. The molecule has 0 spiro atoms. The van der Waals surface area contributed by atoms with E-state index in [0.717, 1.165) is 37.7 Å². The largest absolute Gasteiger partial charge is 0.381 e. The zero-order chi connectivity index (χ0) is 19.8. The van der Waals surface area contributed by atoms with Crippen LogP contribution in [0.3, 0.4) is 0 Å². The molecule has 4 rings (SSSR count). The van der Waals surface area contributed by atoms with Crippen molar-refractivity contribution in [3.8, 4) is 0 Å². The van der Waals surface area contributed by atoms with Crippen LogP contribution in [0.1, 0.15) is 60.5 Å². The first-order valence-corrected chi connectivity index (χ1v) is 9.79. The van der Waals surface area contributed by atoms with Gasteiger partial charge in [-0.15, -0.1) is 10.2 Å². The first-order valence-electron chi connectivity index (χ1n) is 9.79. The second kappa shape index (κ2) is 7.46. The quantitative estimate of drug-likeness (QED) is 0.844. The van der Waals surface area contributed by atoms with Gasteiger partial charge in [-0.1, -0.05) is 0 Å². The van der Waals surface area contributed by atoms with Crippen LogP contribution in [-0.4, -0.2) is 55.3 Å². The molecular weight excluding hydrogens is 360 g/mol. The number of fused-ring (bicyclic) bond motifs is 1. The average Bonchev–Trinajstić information content (AvgIpc) is 3.10.